The molecule has 0 radical (unpaired) electrons. The molecular weight excluding hydrogens is 243 g/mol. The second-order valence-electron chi connectivity index (χ2n) is 5.06. The van der Waals surface area contributed by atoms with Crippen molar-refractivity contribution in [3.05, 3.63) is 47.8 Å². The molecule has 1 saturated heterocycles. The van der Waals surface area contributed by atoms with Gasteiger partial charge in [0.2, 0.25) is 0 Å². The predicted molar refractivity (Wildman–Crippen MR) is 70.3 cm³/mol. The number of nitrogens with zero attached hydrogens (tertiary/aromatic N) is 3. The third-order valence-corrected chi connectivity index (χ3v) is 3.88. The van der Waals surface area contributed by atoms with Gasteiger partial charge in [-0.3, -0.25) is 4.68 Å². The van der Waals surface area contributed by atoms with Crippen LogP contribution in [0.4, 0.5) is 4.39 Å². The Labute approximate surface area is 111 Å². The Morgan fingerprint density at radius 1 is 1.32 bits per heavy atom. The molecule has 1 N–H and O–H groups in total. The van der Waals surface area contributed by atoms with E-state index in [4.69, 9.17) is 0 Å². The molecule has 0 spiro atoms. The summed E-state index contributed by atoms with van der Waals surface area (Å²) < 4.78 is 15.0. The number of hydrogen-bond donors (Lipinski definition) is 1. The van der Waals surface area contributed by atoms with Crippen molar-refractivity contribution in [2.75, 3.05) is 13.1 Å². The first-order valence-electron chi connectivity index (χ1n) is 6.57. The molecule has 1 fully saturated rings. The monoisotopic (exact) mass is 260 g/mol. The largest absolute Gasteiger partial charge is 0.315 e. The zero-order valence-corrected chi connectivity index (χ0v) is 10.9. The molecule has 0 bridgehead atoms. The molecule has 0 aliphatic carbocycles. The average Bonchev–Trinajstić information content (AvgIpc) is 2.82. The SMILES string of the molecule is CCn1ncnc1CC1(c2ccc(F)cc2)CNC1. The molecule has 0 atom stereocenters. The van der Waals surface area contributed by atoms with Gasteiger partial charge >= 0.3 is 0 Å². The van der Waals surface area contributed by atoms with Crippen LogP contribution in [0.15, 0.2) is 30.6 Å². The number of benzene rings is 1. The molecular formula is C14H17FN4. The molecule has 0 amide bonds. The van der Waals surface area contributed by atoms with Gasteiger partial charge in [0, 0.05) is 31.5 Å². The maximum absolute atomic E-state index is 13.1. The molecule has 1 aromatic heterocycles. The number of aryl methyl sites for hydroxylation is 1. The first kappa shape index (κ1) is 12.3. The quantitative estimate of drug-likeness (QED) is 0.906. The molecule has 4 nitrogen and oxygen atoms in total. The molecule has 5 heteroatoms. The van der Waals surface area contributed by atoms with Crippen molar-refractivity contribution in [1.82, 2.24) is 20.1 Å². The van der Waals surface area contributed by atoms with Gasteiger partial charge in [-0.2, -0.15) is 5.10 Å². The Morgan fingerprint density at radius 3 is 2.63 bits per heavy atom. The molecule has 19 heavy (non-hydrogen) atoms. The second-order valence-corrected chi connectivity index (χ2v) is 5.06. The van der Waals surface area contributed by atoms with Crippen LogP contribution in [0.5, 0.6) is 0 Å². The Kier molecular flexibility index (Phi) is 3.06. The molecule has 1 aromatic carbocycles. The highest BCUT2D eigenvalue weighted by atomic mass is 19.1. The van der Waals surface area contributed by atoms with Crippen LogP contribution in [0.3, 0.4) is 0 Å². The van der Waals surface area contributed by atoms with E-state index >= 15 is 0 Å². The lowest BCUT2D eigenvalue weighted by molar-refractivity contribution is 0.266. The molecule has 100 valence electrons. The fraction of sp³-hybridized carbons (Fsp3) is 0.429. The Balaban J connectivity index is 1.89. The van der Waals surface area contributed by atoms with Gasteiger partial charge in [-0.05, 0) is 24.6 Å². The summed E-state index contributed by atoms with van der Waals surface area (Å²) in [6.45, 7) is 4.68. The van der Waals surface area contributed by atoms with Gasteiger partial charge in [0.25, 0.3) is 0 Å². The normalized spacial score (nSPS) is 17.2. The first-order chi connectivity index (χ1) is 9.23. The van der Waals surface area contributed by atoms with Crippen molar-refractivity contribution in [1.29, 1.82) is 0 Å². The van der Waals surface area contributed by atoms with Gasteiger partial charge in [-0.25, -0.2) is 9.37 Å². The van der Waals surface area contributed by atoms with Gasteiger partial charge in [0.1, 0.15) is 18.0 Å². The summed E-state index contributed by atoms with van der Waals surface area (Å²) in [5.74, 6) is 0.802. The van der Waals surface area contributed by atoms with Gasteiger partial charge < -0.3 is 5.32 Å². The lowest BCUT2D eigenvalue weighted by Crippen LogP contribution is -2.58. The van der Waals surface area contributed by atoms with E-state index in [-0.39, 0.29) is 11.2 Å². The van der Waals surface area contributed by atoms with Crippen LogP contribution in [0.1, 0.15) is 18.3 Å². The molecule has 1 aliphatic heterocycles. The summed E-state index contributed by atoms with van der Waals surface area (Å²) in [5.41, 5.74) is 1.19. The van der Waals surface area contributed by atoms with E-state index in [0.29, 0.717) is 0 Å². The Hall–Kier alpha value is -1.75. The van der Waals surface area contributed by atoms with E-state index in [9.17, 15) is 4.39 Å². The number of halogens is 1. The van der Waals surface area contributed by atoms with E-state index < -0.39 is 0 Å². The van der Waals surface area contributed by atoms with Crippen LogP contribution in [0.2, 0.25) is 0 Å². The first-order valence-corrected chi connectivity index (χ1v) is 6.57. The number of rotatable bonds is 4. The minimum atomic E-state index is -0.192. The smallest absolute Gasteiger partial charge is 0.138 e. The van der Waals surface area contributed by atoms with Crippen LogP contribution in [-0.4, -0.2) is 27.9 Å². The summed E-state index contributed by atoms with van der Waals surface area (Å²) in [5, 5.41) is 7.52. The minimum absolute atomic E-state index is 0.0215. The standard InChI is InChI=1S/C14H17FN4/c1-2-19-13(17-10-18-19)7-14(8-16-9-14)11-3-5-12(15)6-4-11/h3-6,10,16H,2,7-9H2,1H3. The van der Waals surface area contributed by atoms with Gasteiger partial charge in [0.15, 0.2) is 0 Å². The van der Waals surface area contributed by atoms with Crippen LogP contribution < -0.4 is 5.32 Å². The number of aromatic nitrogens is 3. The highest BCUT2D eigenvalue weighted by Gasteiger charge is 2.39. The maximum atomic E-state index is 13.1. The van der Waals surface area contributed by atoms with E-state index in [1.165, 1.54) is 17.7 Å². The van der Waals surface area contributed by atoms with Crippen LogP contribution in [0.25, 0.3) is 0 Å². The van der Waals surface area contributed by atoms with E-state index in [1.54, 1.807) is 6.33 Å². The van der Waals surface area contributed by atoms with Crippen molar-refractivity contribution >= 4 is 0 Å². The van der Waals surface area contributed by atoms with Crippen molar-refractivity contribution < 1.29 is 4.39 Å². The second kappa shape index (κ2) is 4.74. The maximum Gasteiger partial charge on any atom is 0.138 e. The average molecular weight is 260 g/mol. The molecule has 1 aliphatic rings. The Bertz CT molecular complexity index is 557. The van der Waals surface area contributed by atoms with Crippen molar-refractivity contribution in [3.63, 3.8) is 0 Å². The third-order valence-electron chi connectivity index (χ3n) is 3.88. The lowest BCUT2D eigenvalue weighted by atomic mass is 9.72. The molecule has 2 aromatic rings. The summed E-state index contributed by atoms with van der Waals surface area (Å²) in [6, 6.07) is 6.81. The summed E-state index contributed by atoms with van der Waals surface area (Å²) in [4.78, 5) is 4.35. The van der Waals surface area contributed by atoms with E-state index in [2.05, 4.69) is 22.3 Å². The number of nitrogens with one attached hydrogen (secondary N) is 1. The summed E-state index contributed by atoms with van der Waals surface area (Å²) in [6.07, 6.45) is 2.43. The van der Waals surface area contributed by atoms with E-state index in [0.717, 1.165) is 31.9 Å². The Morgan fingerprint density at radius 2 is 2.05 bits per heavy atom. The zero-order valence-electron chi connectivity index (χ0n) is 10.9. The van der Waals surface area contributed by atoms with Crippen molar-refractivity contribution in [2.45, 2.75) is 25.3 Å². The topological polar surface area (TPSA) is 42.7 Å². The molecule has 0 unspecified atom stereocenters. The molecule has 2 heterocycles. The van der Waals surface area contributed by atoms with Crippen molar-refractivity contribution in [2.24, 2.45) is 0 Å². The highest BCUT2D eigenvalue weighted by Crippen LogP contribution is 2.32. The molecule has 3 rings (SSSR count). The molecule has 0 saturated carbocycles. The zero-order chi connectivity index (χ0) is 13.3. The van der Waals surface area contributed by atoms with Crippen molar-refractivity contribution in [3.8, 4) is 0 Å². The van der Waals surface area contributed by atoms with Gasteiger partial charge in [-0.15, -0.1) is 0 Å². The van der Waals surface area contributed by atoms with Crippen LogP contribution in [0, 0.1) is 5.82 Å². The van der Waals surface area contributed by atoms with Gasteiger partial charge in [-0.1, -0.05) is 12.1 Å². The number of hydrogen-bond acceptors (Lipinski definition) is 3. The predicted octanol–water partition coefficient (Wildman–Crippen LogP) is 1.52. The summed E-state index contributed by atoms with van der Waals surface area (Å²) in [7, 11) is 0. The van der Waals surface area contributed by atoms with Crippen LogP contribution in [-0.2, 0) is 18.4 Å². The fourth-order valence-electron chi connectivity index (χ4n) is 2.65. The van der Waals surface area contributed by atoms with Crippen LogP contribution >= 0.6 is 0 Å². The van der Waals surface area contributed by atoms with E-state index in [1.807, 2.05) is 16.8 Å². The summed E-state index contributed by atoms with van der Waals surface area (Å²) >= 11 is 0. The fourth-order valence-corrected chi connectivity index (χ4v) is 2.65. The van der Waals surface area contributed by atoms with Gasteiger partial charge in [0.05, 0.1) is 0 Å². The third kappa shape index (κ3) is 2.14. The highest BCUT2D eigenvalue weighted by molar-refractivity contribution is 5.31. The minimum Gasteiger partial charge on any atom is -0.315 e. The lowest BCUT2D eigenvalue weighted by Gasteiger charge is -2.43.